The van der Waals surface area contributed by atoms with Crippen LogP contribution >= 0.6 is 24.8 Å². The van der Waals surface area contributed by atoms with E-state index in [2.05, 4.69) is 51.3 Å². The molecule has 3 atom stereocenters. The van der Waals surface area contributed by atoms with Gasteiger partial charge >= 0.3 is 0 Å². The number of fused-ring (bicyclic) bond motifs is 1. The Morgan fingerprint density at radius 3 is 1.76 bits per heavy atom. The van der Waals surface area contributed by atoms with E-state index in [1.807, 2.05) is 0 Å². The van der Waals surface area contributed by atoms with Crippen molar-refractivity contribution in [2.75, 3.05) is 52.6 Å². The van der Waals surface area contributed by atoms with E-state index in [1.165, 1.54) is 56.9 Å². The number of hydrogen-bond donors (Lipinski definition) is 1. The first-order valence-electron chi connectivity index (χ1n) is 17.8. The number of morpholine rings is 2. The van der Waals surface area contributed by atoms with Crippen molar-refractivity contribution < 1.29 is 19.3 Å². The Hall–Kier alpha value is -0.760. The molecule has 0 aliphatic carbocycles. The predicted octanol–water partition coefficient (Wildman–Crippen LogP) is 8.73. The number of ether oxygens (including phenoxy) is 3. The van der Waals surface area contributed by atoms with Gasteiger partial charge in [0.1, 0.15) is 17.1 Å². The Morgan fingerprint density at radius 1 is 0.733 bits per heavy atom. The minimum absolute atomic E-state index is 0. The summed E-state index contributed by atoms with van der Waals surface area (Å²) in [6.45, 7) is 22.3. The van der Waals surface area contributed by atoms with Gasteiger partial charge in [0, 0.05) is 56.0 Å². The maximum atomic E-state index is 11.7. The standard InChI is InChI=1S/C37H64N2O4.2ClH/c1-28(2)10-7-11-29(3)12-8-13-30(4)14-9-16-37(6)17-15-32-34(27-39-20-24-42-25-21-39)35(40)33(31(5)36(32)43-37)26-38-18-22-41-23-19-38;;/h28-30,40H,7-27H2,1-6H3;2*1H/t29-,30-,37-;;/m1../s1. The van der Waals surface area contributed by atoms with Gasteiger partial charge in [-0.3, -0.25) is 9.80 Å². The molecule has 0 unspecified atom stereocenters. The van der Waals surface area contributed by atoms with E-state index >= 15 is 0 Å². The lowest BCUT2D eigenvalue weighted by Crippen LogP contribution is -2.39. The van der Waals surface area contributed by atoms with Crippen LogP contribution in [0, 0.1) is 24.7 Å². The van der Waals surface area contributed by atoms with Crippen LogP contribution in [-0.2, 0) is 29.0 Å². The average Bonchev–Trinajstić information content (AvgIpc) is 2.98. The second kappa shape index (κ2) is 19.9. The summed E-state index contributed by atoms with van der Waals surface area (Å²) in [6.07, 6.45) is 13.8. The zero-order valence-electron chi connectivity index (χ0n) is 29.5. The molecule has 8 heteroatoms. The van der Waals surface area contributed by atoms with Crippen LogP contribution in [0.3, 0.4) is 0 Å². The molecule has 0 bridgehead atoms. The molecule has 2 fully saturated rings. The summed E-state index contributed by atoms with van der Waals surface area (Å²) in [5, 5.41) is 11.7. The molecule has 6 nitrogen and oxygen atoms in total. The van der Waals surface area contributed by atoms with Gasteiger partial charge in [0.2, 0.25) is 0 Å². The molecule has 1 aromatic rings. The first-order chi connectivity index (χ1) is 20.6. The molecule has 0 amide bonds. The SMILES string of the molecule is Cc1c(CN2CCOCC2)c(O)c(CN2CCOCC2)c2c1O[C@](C)(CCC[C@H](C)CCC[C@H](C)CCCC(C)C)CC2.Cl.Cl. The number of halogens is 2. The van der Waals surface area contributed by atoms with E-state index in [4.69, 9.17) is 14.2 Å². The van der Waals surface area contributed by atoms with Gasteiger partial charge < -0.3 is 19.3 Å². The van der Waals surface area contributed by atoms with E-state index in [9.17, 15) is 5.11 Å². The van der Waals surface area contributed by atoms with E-state index < -0.39 is 0 Å². The predicted molar refractivity (Wildman–Crippen MR) is 192 cm³/mol. The molecule has 0 spiro atoms. The minimum atomic E-state index is -0.147. The number of nitrogens with zero attached hydrogens (tertiary/aromatic N) is 2. The van der Waals surface area contributed by atoms with Crippen LogP contribution in [0.5, 0.6) is 11.5 Å². The third-order valence-electron chi connectivity index (χ3n) is 10.5. The summed E-state index contributed by atoms with van der Waals surface area (Å²) in [4.78, 5) is 4.83. The van der Waals surface area contributed by atoms with Crippen molar-refractivity contribution in [2.45, 2.75) is 131 Å². The van der Waals surface area contributed by atoms with E-state index in [1.54, 1.807) is 0 Å². The van der Waals surface area contributed by atoms with Crippen LogP contribution in [-0.4, -0.2) is 73.1 Å². The lowest BCUT2D eigenvalue weighted by Gasteiger charge is -2.40. The number of hydrogen-bond acceptors (Lipinski definition) is 6. The molecule has 0 saturated carbocycles. The molecule has 2 saturated heterocycles. The summed E-state index contributed by atoms with van der Waals surface area (Å²) in [5.41, 5.74) is 4.35. The Kier molecular flexibility index (Phi) is 17.9. The maximum Gasteiger partial charge on any atom is 0.127 e. The minimum Gasteiger partial charge on any atom is -0.507 e. The molecular formula is C37H66Cl2N2O4. The molecule has 262 valence electrons. The van der Waals surface area contributed by atoms with Crippen molar-refractivity contribution in [2.24, 2.45) is 17.8 Å². The Morgan fingerprint density at radius 2 is 1.22 bits per heavy atom. The van der Waals surface area contributed by atoms with Crippen LogP contribution in [0.4, 0.5) is 0 Å². The van der Waals surface area contributed by atoms with Crippen molar-refractivity contribution in [3.63, 3.8) is 0 Å². The zero-order chi connectivity index (χ0) is 30.8. The molecule has 45 heavy (non-hydrogen) atoms. The Balaban J connectivity index is 0.00000353. The Bertz CT molecular complexity index is 997. The number of benzene rings is 1. The normalized spacial score (nSPS) is 22.2. The van der Waals surface area contributed by atoms with Gasteiger partial charge in [-0.25, -0.2) is 0 Å². The maximum absolute atomic E-state index is 11.7. The topological polar surface area (TPSA) is 54.4 Å². The first-order valence-corrected chi connectivity index (χ1v) is 17.8. The fourth-order valence-electron chi connectivity index (χ4n) is 7.40. The Labute approximate surface area is 288 Å². The van der Waals surface area contributed by atoms with Crippen molar-refractivity contribution in [1.29, 1.82) is 0 Å². The van der Waals surface area contributed by atoms with Gasteiger partial charge in [0.25, 0.3) is 0 Å². The second-order valence-corrected chi connectivity index (χ2v) is 14.9. The molecule has 3 aliphatic rings. The van der Waals surface area contributed by atoms with Crippen LogP contribution in [0.15, 0.2) is 0 Å². The number of rotatable bonds is 16. The summed E-state index contributed by atoms with van der Waals surface area (Å²) >= 11 is 0. The van der Waals surface area contributed by atoms with Gasteiger partial charge in [-0.15, -0.1) is 24.8 Å². The molecule has 1 aromatic carbocycles. The summed E-state index contributed by atoms with van der Waals surface area (Å²) in [7, 11) is 0. The third kappa shape index (κ3) is 12.3. The smallest absolute Gasteiger partial charge is 0.127 e. The van der Waals surface area contributed by atoms with Crippen LogP contribution in [0.2, 0.25) is 0 Å². The van der Waals surface area contributed by atoms with Gasteiger partial charge in [-0.05, 0) is 62.8 Å². The van der Waals surface area contributed by atoms with E-state index in [0.717, 1.165) is 125 Å². The highest BCUT2D eigenvalue weighted by molar-refractivity contribution is 5.85. The molecule has 3 heterocycles. The third-order valence-corrected chi connectivity index (χ3v) is 10.5. The molecule has 3 aliphatic heterocycles. The molecule has 0 radical (unpaired) electrons. The highest BCUT2D eigenvalue weighted by atomic mass is 35.5. The zero-order valence-corrected chi connectivity index (χ0v) is 31.1. The fourth-order valence-corrected chi connectivity index (χ4v) is 7.40. The van der Waals surface area contributed by atoms with Crippen LogP contribution < -0.4 is 4.74 Å². The lowest BCUT2D eigenvalue weighted by molar-refractivity contribution is 0.0309. The van der Waals surface area contributed by atoms with Crippen LogP contribution in [0.25, 0.3) is 0 Å². The van der Waals surface area contributed by atoms with Gasteiger partial charge in [0.15, 0.2) is 0 Å². The first kappa shape index (κ1) is 40.4. The molecule has 0 aromatic heterocycles. The van der Waals surface area contributed by atoms with Gasteiger partial charge in [-0.2, -0.15) is 0 Å². The highest BCUT2D eigenvalue weighted by Gasteiger charge is 2.36. The molecular weight excluding hydrogens is 607 g/mol. The average molecular weight is 674 g/mol. The van der Waals surface area contributed by atoms with Crippen molar-refractivity contribution >= 4 is 24.8 Å². The monoisotopic (exact) mass is 672 g/mol. The number of aromatic hydroxyl groups is 1. The van der Waals surface area contributed by atoms with E-state index in [0.29, 0.717) is 5.75 Å². The number of phenols is 1. The molecule has 1 N–H and O–H groups in total. The quantitative estimate of drug-likeness (QED) is 0.190. The van der Waals surface area contributed by atoms with Gasteiger partial charge in [-0.1, -0.05) is 72.6 Å². The second-order valence-electron chi connectivity index (χ2n) is 14.9. The summed E-state index contributed by atoms with van der Waals surface area (Å²) < 4.78 is 18.2. The van der Waals surface area contributed by atoms with Gasteiger partial charge in [0.05, 0.1) is 26.4 Å². The van der Waals surface area contributed by atoms with Crippen molar-refractivity contribution in [1.82, 2.24) is 9.80 Å². The van der Waals surface area contributed by atoms with Crippen molar-refractivity contribution in [3.8, 4) is 11.5 Å². The lowest BCUT2D eigenvalue weighted by atomic mass is 9.83. The fraction of sp³-hybridized carbons (Fsp3) is 0.838. The summed E-state index contributed by atoms with van der Waals surface area (Å²) in [5.74, 6) is 4.02. The van der Waals surface area contributed by atoms with Crippen LogP contribution in [0.1, 0.15) is 121 Å². The summed E-state index contributed by atoms with van der Waals surface area (Å²) in [6, 6.07) is 0. The number of phenolic OH excluding ortho intramolecular Hbond substituents is 1. The van der Waals surface area contributed by atoms with Crippen molar-refractivity contribution in [3.05, 3.63) is 22.3 Å². The molecule has 4 rings (SSSR count). The highest BCUT2D eigenvalue weighted by Crippen LogP contribution is 2.46. The largest absolute Gasteiger partial charge is 0.507 e. The van der Waals surface area contributed by atoms with E-state index in [-0.39, 0.29) is 30.4 Å².